The van der Waals surface area contributed by atoms with Crippen LogP contribution in [-0.2, 0) is 6.42 Å². The van der Waals surface area contributed by atoms with Crippen LogP contribution in [0.15, 0.2) is 53.6 Å². The van der Waals surface area contributed by atoms with Crippen molar-refractivity contribution in [3.8, 4) is 11.3 Å². The van der Waals surface area contributed by atoms with E-state index in [0.29, 0.717) is 34.8 Å². The summed E-state index contributed by atoms with van der Waals surface area (Å²) in [7, 11) is 0. The summed E-state index contributed by atoms with van der Waals surface area (Å²) in [6.45, 7) is 0.511. The molecule has 0 bridgehead atoms. The molecular weight excluding hydrogens is 425 g/mol. The van der Waals surface area contributed by atoms with Gasteiger partial charge in [-0.05, 0) is 54.6 Å². The van der Waals surface area contributed by atoms with Crippen molar-refractivity contribution in [1.29, 1.82) is 0 Å². The molecule has 3 aromatic rings. The first kappa shape index (κ1) is 19.9. The number of anilines is 2. The van der Waals surface area contributed by atoms with E-state index >= 15 is 0 Å². The molecule has 1 aromatic heterocycles. The molecule has 2 aromatic carbocycles. The van der Waals surface area contributed by atoms with Gasteiger partial charge in [0.05, 0.1) is 16.8 Å². The summed E-state index contributed by atoms with van der Waals surface area (Å²) >= 11 is 0.814. The van der Waals surface area contributed by atoms with Gasteiger partial charge in [0.1, 0.15) is 17.3 Å². The Labute approximate surface area is 180 Å². The van der Waals surface area contributed by atoms with E-state index in [1.165, 1.54) is 6.07 Å². The van der Waals surface area contributed by atoms with Crippen LogP contribution in [0.4, 0.5) is 29.3 Å². The molecule has 2 amide bonds. The number of carbonyl (C=O) groups excluding carboxylic acids is 1. The Morgan fingerprint density at radius 2 is 1.84 bits per heavy atom. The van der Waals surface area contributed by atoms with Crippen molar-refractivity contribution >= 4 is 29.4 Å². The number of halogens is 3. The third kappa shape index (κ3) is 3.34. The van der Waals surface area contributed by atoms with E-state index in [1.54, 1.807) is 40.1 Å². The van der Waals surface area contributed by atoms with Gasteiger partial charge in [0, 0.05) is 29.9 Å². The zero-order valence-corrected chi connectivity index (χ0v) is 17.0. The van der Waals surface area contributed by atoms with E-state index in [9.17, 15) is 18.0 Å². The Balaban J connectivity index is 1.44. The number of amides is 2. The average Bonchev–Trinajstić information content (AvgIpc) is 3.11. The first-order valence-electron chi connectivity index (χ1n) is 9.67. The minimum Gasteiger partial charge on any atom is -0.294 e. The molecule has 1 saturated heterocycles. The smallest absolute Gasteiger partial charge is 0.294 e. The number of hydrogen-bond donors (Lipinski definition) is 1. The molecule has 5 nitrogen and oxygen atoms in total. The van der Waals surface area contributed by atoms with Gasteiger partial charge in [-0.1, -0.05) is 12.1 Å². The molecule has 0 radical (unpaired) electrons. The maximum Gasteiger partial charge on any atom is 0.329 e. The van der Waals surface area contributed by atoms with E-state index in [1.807, 2.05) is 0 Å². The molecule has 2 N–H and O–H groups in total. The number of nitrogens with two attached hydrogens (primary N) is 1. The van der Waals surface area contributed by atoms with Crippen LogP contribution in [0.1, 0.15) is 12.0 Å². The van der Waals surface area contributed by atoms with Gasteiger partial charge in [-0.25, -0.2) is 18.0 Å². The van der Waals surface area contributed by atoms with Crippen LogP contribution in [0, 0.1) is 17.5 Å². The number of benzene rings is 2. The Kier molecular flexibility index (Phi) is 4.86. The second kappa shape index (κ2) is 7.58. The van der Waals surface area contributed by atoms with Gasteiger partial charge < -0.3 is 0 Å². The summed E-state index contributed by atoms with van der Waals surface area (Å²) in [6, 6.07) is 10.4. The van der Waals surface area contributed by atoms with Crippen molar-refractivity contribution in [2.45, 2.75) is 23.8 Å². The van der Waals surface area contributed by atoms with Crippen LogP contribution in [-0.4, -0.2) is 23.6 Å². The largest absolute Gasteiger partial charge is 0.329 e. The maximum absolute atomic E-state index is 14.1. The lowest BCUT2D eigenvalue weighted by atomic mass is 10.1. The molecule has 31 heavy (non-hydrogen) atoms. The number of aromatic nitrogens is 1. The summed E-state index contributed by atoms with van der Waals surface area (Å²) in [6.07, 6.45) is 2.29. The lowest BCUT2D eigenvalue weighted by molar-refractivity contribution is 0.245. The molecule has 5 rings (SSSR count). The predicted molar refractivity (Wildman–Crippen MR) is 113 cm³/mol. The molecule has 0 saturated carbocycles. The van der Waals surface area contributed by atoms with Crippen LogP contribution < -0.4 is 14.9 Å². The fourth-order valence-electron chi connectivity index (χ4n) is 4.26. The lowest BCUT2D eigenvalue weighted by Gasteiger charge is -2.38. The average molecular weight is 442 g/mol. The van der Waals surface area contributed by atoms with Crippen molar-refractivity contribution in [1.82, 2.24) is 4.98 Å². The molecule has 2 aliphatic rings. The summed E-state index contributed by atoms with van der Waals surface area (Å²) in [5, 5.41) is 5.56. The minimum atomic E-state index is -0.751. The number of urea groups is 1. The molecule has 1 fully saturated rings. The lowest BCUT2D eigenvalue weighted by Crippen LogP contribution is -2.53. The minimum absolute atomic E-state index is 0.0204. The van der Waals surface area contributed by atoms with E-state index in [4.69, 9.17) is 5.14 Å². The van der Waals surface area contributed by atoms with Gasteiger partial charge in [-0.2, -0.15) is 0 Å². The van der Waals surface area contributed by atoms with Crippen molar-refractivity contribution in [2.75, 3.05) is 16.3 Å². The highest BCUT2D eigenvalue weighted by Gasteiger charge is 2.41. The standard InChI is InChI=1S/C22H17F3N4OS/c23-14-9-18(25)21(27-11-14)12-1-3-15(4-2-12)28-6-5-16-7-13-8-17(24)20(31-26)10-19(13)29(16)22(28)30/h1-4,8-11,16H,5-7,26H2. The Morgan fingerprint density at radius 3 is 2.55 bits per heavy atom. The Morgan fingerprint density at radius 1 is 1.06 bits per heavy atom. The summed E-state index contributed by atoms with van der Waals surface area (Å²) in [5.74, 6) is -1.87. The molecule has 1 atom stereocenters. The van der Waals surface area contributed by atoms with E-state index in [-0.39, 0.29) is 23.6 Å². The Bertz CT molecular complexity index is 1190. The zero-order chi connectivity index (χ0) is 21.7. The van der Waals surface area contributed by atoms with Crippen LogP contribution in [0.5, 0.6) is 0 Å². The van der Waals surface area contributed by atoms with Crippen LogP contribution in [0.25, 0.3) is 11.3 Å². The van der Waals surface area contributed by atoms with Crippen LogP contribution in [0.2, 0.25) is 0 Å². The molecule has 158 valence electrons. The first-order chi connectivity index (χ1) is 15.0. The van der Waals surface area contributed by atoms with Crippen molar-refractivity contribution in [3.63, 3.8) is 0 Å². The predicted octanol–water partition coefficient (Wildman–Crippen LogP) is 4.89. The fraction of sp³-hybridized carbons (Fsp3) is 0.182. The second-order valence-corrected chi connectivity index (χ2v) is 8.19. The van der Waals surface area contributed by atoms with Gasteiger partial charge in [-0.15, -0.1) is 0 Å². The van der Waals surface area contributed by atoms with Gasteiger partial charge in [-0.3, -0.25) is 19.9 Å². The van der Waals surface area contributed by atoms with Gasteiger partial charge in [0.25, 0.3) is 0 Å². The number of nitrogens with zero attached hydrogens (tertiary/aromatic N) is 3. The van der Waals surface area contributed by atoms with Crippen molar-refractivity contribution < 1.29 is 18.0 Å². The summed E-state index contributed by atoms with van der Waals surface area (Å²) in [4.78, 5) is 20.8. The quantitative estimate of drug-likeness (QED) is 0.587. The highest BCUT2D eigenvalue weighted by molar-refractivity contribution is 7.97. The third-order valence-corrected chi connectivity index (χ3v) is 6.29. The topological polar surface area (TPSA) is 62.5 Å². The molecular formula is C22H17F3N4OS. The Hall–Kier alpha value is -3.04. The summed E-state index contributed by atoms with van der Waals surface area (Å²) < 4.78 is 41.3. The van der Waals surface area contributed by atoms with Gasteiger partial charge in [0.15, 0.2) is 5.82 Å². The monoisotopic (exact) mass is 442 g/mol. The van der Waals surface area contributed by atoms with Crippen molar-refractivity contribution in [3.05, 3.63) is 71.7 Å². The van der Waals surface area contributed by atoms with Gasteiger partial charge in [0.2, 0.25) is 0 Å². The molecule has 3 heterocycles. The highest BCUT2D eigenvalue weighted by atomic mass is 32.2. The SMILES string of the molecule is NSc1cc2c(cc1F)CC1CCN(c3ccc(-c4ncc(F)cc4F)cc3)C(=O)N21. The molecule has 2 aliphatic heterocycles. The van der Waals surface area contributed by atoms with Crippen LogP contribution in [0.3, 0.4) is 0 Å². The normalized spacial score (nSPS) is 17.7. The first-order valence-corrected chi connectivity index (χ1v) is 10.6. The van der Waals surface area contributed by atoms with E-state index in [2.05, 4.69) is 4.98 Å². The van der Waals surface area contributed by atoms with Crippen LogP contribution >= 0.6 is 11.9 Å². The molecule has 0 spiro atoms. The molecule has 9 heteroatoms. The van der Waals surface area contributed by atoms with E-state index < -0.39 is 11.6 Å². The molecule has 1 unspecified atom stereocenters. The highest BCUT2D eigenvalue weighted by Crippen LogP contribution is 2.40. The molecule has 0 aliphatic carbocycles. The number of fused-ring (bicyclic) bond motifs is 3. The third-order valence-electron chi connectivity index (χ3n) is 5.72. The number of rotatable bonds is 3. The second-order valence-electron chi connectivity index (χ2n) is 7.51. The van der Waals surface area contributed by atoms with Crippen molar-refractivity contribution in [2.24, 2.45) is 5.14 Å². The van der Waals surface area contributed by atoms with Gasteiger partial charge >= 0.3 is 6.03 Å². The fourth-order valence-corrected chi connectivity index (χ4v) is 4.61. The maximum atomic E-state index is 14.1. The number of carbonyl (C=O) groups is 1. The number of pyridine rings is 1. The zero-order valence-electron chi connectivity index (χ0n) is 16.2. The van der Waals surface area contributed by atoms with E-state index in [0.717, 1.165) is 36.2 Å². The summed E-state index contributed by atoms with van der Waals surface area (Å²) in [5.41, 5.74) is 2.65. The number of hydrogen-bond acceptors (Lipinski definition) is 4.